The summed E-state index contributed by atoms with van der Waals surface area (Å²) in [5.74, 6) is 0. The van der Waals surface area contributed by atoms with Crippen LogP contribution in [0.15, 0.2) is 0 Å². The number of nitrogens with zero attached hydrogens (tertiary/aromatic N) is 1. The lowest BCUT2D eigenvalue weighted by Gasteiger charge is -2.13. The van der Waals surface area contributed by atoms with Gasteiger partial charge >= 0.3 is 6.09 Å². The summed E-state index contributed by atoms with van der Waals surface area (Å²) in [7, 11) is 0. The largest absolute Gasteiger partial charge is 0.450 e. The van der Waals surface area contributed by atoms with Gasteiger partial charge in [0.2, 0.25) is 0 Å². The standard InChI is InChI=1S/C7H13NO3.C2H6/c1-2-11-7(10)8-4-3-6(9)5-8;1-2/h6,9H,2-5H2,1H3;1-2H3. The Balaban J connectivity index is 0.000000671. The molecule has 0 radical (unpaired) electrons. The predicted molar refractivity (Wildman–Crippen MR) is 50.6 cm³/mol. The molecule has 1 N–H and O–H groups in total. The highest BCUT2D eigenvalue weighted by molar-refractivity contribution is 5.67. The molecule has 1 rings (SSSR count). The summed E-state index contributed by atoms with van der Waals surface area (Å²) in [6.45, 7) is 7.19. The maximum atomic E-state index is 11.0. The zero-order chi connectivity index (χ0) is 10.3. The van der Waals surface area contributed by atoms with Crippen LogP contribution >= 0.6 is 0 Å². The van der Waals surface area contributed by atoms with Crippen molar-refractivity contribution in [1.29, 1.82) is 0 Å². The Morgan fingerprint density at radius 1 is 1.62 bits per heavy atom. The van der Waals surface area contributed by atoms with Gasteiger partial charge in [0.25, 0.3) is 0 Å². The zero-order valence-electron chi connectivity index (χ0n) is 8.62. The van der Waals surface area contributed by atoms with E-state index in [4.69, 9.17) is 9.84 Å². The Labute approximate surface area is 79.5 Å². The van der Waals surface area contributed by atoms with Gasteiger partial charge in [-0.2, -0.15) is 0 Å². The van der Waals surface area contributed by atoms with Gasteiger partial charge in [-0.1, -0.05) is 13.8 Å². The van der Waals surface area contributed by atoms with Crippen molar-refractivity contribution in [3.05, 3.63) is 0 Å². The van der Waals surface area contributed by atoms with Crippen LogP contribution in [0.1, 0.15) is 27.2 Å². The summed E-state index contributed by atoms with van der Waals surface area (Å²) in [5, 5.41) is 9.07. The molecule has 1 unspecified atom stereocenters. The number of amides is 1. The second-order valence-corrected chi connectivity index (χ2v) is 2.59. The van der Waals surface area contributed by atoms with Crippen LogP contribution in [0.2, 0.25) is 0 Å². The highest BCUT2D eigenvalue weighted by atomic mass is 16.6. The fourth-order valence-electron chi connectivity index (χ4n) is 1.12. The number of ether oxygens (including phenoxy) is 1. The Morgan fingerprint density at radius 2 is 2.23 bits per heavy atom. The van der Waals surface area contributed by atoms with E-state index in [0.29, 0.717) is 26.1 Å². The van der Waals surface area contributed by atoms with E-state index >= 15 is 0 Å². The van der Waals surface area contributed by atoms with Crippen LogP contribution < -0.4 is 0 Å². The Bertz CT molecular complexity index is 150. The van der Waals surface area contributed by atoms with Gasteiger partial charge in [-0.05, 0) is 13.3 Å². The average Bonchev–Trinajstić information content (AvgIpc) is 2.56. The predicted octanol–water partition coefficient (Wildman–Crippen LogP) is 1.24. The van der Waals surface area contributed by atoms with E-state index in [1.807, 2.05) is 13.8 Å². The normalized spacial score (nSPS) is 20.6. The van der Waals surface area contributed by atoms with Crippen LogP contribution in [0.5, 0.6) is 0 Å². The van der Waals surface area contributed by atoms with Gasteiger partial charge in [0.1, 0.15) is 0 Å². The second-order valence-electron chi connectivity index (χ2n) is 2.59. The maximum absolute atomic E-state index is 11.0. The first-order valence-electron chi connectivity index (χ1n) is 4.83. The molecule has 0 bridgehead atoms. The highest BCUT2D eigenvalue weighted by Crippen LogP contribution is 2.09. The number of carbonyl (C=O) groups excluding carboxylic acids is 1. The fraction of sp³-hybridized carbons (Fsp3) is 0.889. The summed E-state index contributed by atoms with van der Waals surface area (Å²) >= 11 is 0. The lowest BCUT2D eigenvalue weighted by atomic mass is 10.3. The third-order valence-corrected chi connectivity index (χ3v) is 1.69. The molecule has 1 atom stereocenters. The molecular formula is C9H19NO3. The molecule has 0 saturated carbocycles. The van der Waals surface area contributed by atoms with Crippen molar-refractivity contribution < 1.29 is 14.6 Å². The number of hydrogen-bond acceptors (Lipinski definition) is 3. The smallest absolute Gasteiger partial charge is 0.409 e. The minimum atomic E-state index is -0.362. The van der Waals surface area contributed by atoms with Crippen molar-refractivity contribution >= 4 is 6.09 Å². The third kappa shape index (κ3) is 4.12. The number of β-amino-alcohol motifs (C(OH)–C–C–N with tert-alkyl or cyclic N) is 1. The lowest BCUT2D eigenvalue weighted by molar-refractivity contribution is 0.107. The zero-order valence-corrected chi connectivity index (χ0v) is 8.62. The van der Waals surface area contributed by atoms with Crippen molar-refractivity contribution in [3.8, 4) is 0 Å². The average molecular weight is 189 g/mol. The molecule has 1 fully saturated rings. The molecule has 1 aliphatic rings. The topological polar surface area (TPSA) is 49.8 Å². The first kappa shape index (κ1) is 12.2. The van der Waals surface area contributed by atoms with Gasteiger partial charge in [-0.3, -0.25) is 0 Å². The molecule has 1 saturated heterocycles. The van der Waals surface area contributed by atoms with Crippen molar-refractivity contribution in [3.63, 3.8) is 0 Å². The molecule has 0 aliphatic carbocycles. The van der Waals surface area contributed by atoms with Gasteiger partial charge in [-0.15, -0.1) is 0 Å². The molecule has 1 heterocycles. The molecule has 1 amide bonds. The molecular weight excluding hydrogens is 170 g/mol. The molecule has 1 aliphatic heterocycles. The van der Waals surface area contributed by atoms with E-state index in [1.54, 1.807) is 6.92 Å². The molecule has 0 aromatic carbocycles. The van der Waals surface area contributed by atoms with Crippen LogP contribution in [-0.2, 0) is 4.74 Å². The Hall–Kier alpha value is -0.770. The van der Waals surface area contributed by atoms with Crippen LogP contribution in [0.4, 0.5) is 4.79 Å². The van der Waals surface area contributed by atoms with Crippen molar-refractivity contribution in [2.75, 3.05) is 19.7 Å². The van der Waals surface area contributed by atoms with Crippen molar-refractivity contribution in [2.45, 2.75) is 33.3 Å². The van der Waals surface area contributed by atoms with E-state index in [9.17, 15) is 4.79 Å². The number of aliphatic hydroxyl groups is 1. The Morgan fingerprint density at radius 3 is 2.62 bits per heavy atom. The Kier molecular flexibility index (Phi) is 6.32. The van der Waals surface area contributed by atoms with Gasteiger partial charge in [0.15, 0.2) is 0 Å². The fourth-order valence-corrected chi connectivity index (χ4v) is 1.12. The summed E-state index contributed by atoms with van der Waals surface area (Å²) in [4.78, 5) is 12.5. The van der Waals surface area contributed by atoms with Crippen LogP contribution in [0.25, 0.3) is 0 Å². The number of hydrogen-bond donors (Lipinski definition) is 1. The van der Waals surface area contributed by atoms with Crippen LogP contribution in [0.3, 0.4) is 0 Å². The second kappa shape index (κ2) is 6.71. The SMILES string of the molecule is CC.CCOC(=O)N1CCC(O)C1. The first-order chi connectivity index (χ1) is 6.24. The third-order valence-electron chi connectivity index (χ3n) is 1.69. The van der Waals surface area contributed by atoms with E-state index in [0.717, 1.165) is 0 Å². The van der Waals surface area contributed by atoms with E-state index in [1.165, 1.54) is 4.90 Å². The number of aliphatic hydroxyl groups excluding tert-OH is 1. The summed E-state index contributed by atoms with van der Waals surface area (Å²) < 4.78 is 4.75. The molecule has 13 heavy (non-hydrogen) atoms. The van der Waals surface area contributed by atoms with E-state index in [-0.39, 0.29) is 12.2 Å². The van der Waals surface area contributed by atoms with Crippen LogP contribution in [0, 0.1) is 0 Å². The van der Waals surface area contributed by atoms with E-state index in [2.05, 4.69) is 0 Å². The molecule has 4 nitrogen and oxygen atoms in total. The monoisotopic (exact) mass is 189 g/mol. The number of likely N-dealkylation sites (tertiary alicyclic amines) is 1. The lowest BCUT2D eigenvalue weighted by Crippen LogP contribution is -2.30. The van der Waals surface area contributed by atoms with Gasteiger partial charge < -0.3 is 14.7 Å². The minimum absolute atomic E-state index is 0.316. The molecule has 0 spiro atoms. The van der Waals surface area contributed by atoms with Gasteiger partial charge in [0.05, 0.1) is 12.7 Å². The summed E-state index contributed by atoms with van der Waals surface area (Å²) in [6, 6.07) is 0. The first-order valence-corrected chi connectivity index (χ1v) is 4.83. The van der Waals surface area contributed by atoms with E-state index < -0.39 is 0 Å². The highest BCUT2D eigenvalue weighted by Gasteiger charge is 2.24. The van der Waals surface area contributed by atoms with Crippen molar-refractivity contribution in [1.82, 2.24) is 4.90 Å². The summed E-state index contributed by atoms with van der Waals surface area (Å²) in [5.41, 5.74) is 0. The quantitative estimate of drug-likeness (QED) is 0.675. The van der Waals surface area contributed by atoms with Crippen LogP contribution in [-0.4, -0.2) is 41.9 Å². The van der Waals surface area contributed by atoms with Crippen molar-refractivity contribution in [2.24, 2.45) is 0 Å². The minimum Gasteiger partial charge on any atom is -0.450 e. The molecule has 4 heteroatoms. The molecule has 0 aromatic rings. The number of carbonyl (C=O) groups is 1. The molecule has 78 valence electrons. The maximum Gasteiger partial charge on any atom is 0.409 e. The van der Waals surface area contributed by atoms with Gasteiger partial charge in [0, 0.05) is 13.1 Å². The summed E-state index contributed by atoms with van der Waals surface area (Å²) in [6.07, 6.45) is -0.0119. The number of rotatable bonds is 1. The van der Waals surface area contributed by atoms with Gasteiger partial charge in [-0.25, -0.2) is 4.79 Å². The molecule has 0 aromatic heterocycles.